The predicted molar refractivity (Wildman–Crippen MR) is 73.5 cm³/mol. The summed E-state index contributed by atoms with van der Waals surface area (Å²) in [5.74, 6) is 0.751. The number of hydrogen-bond donors (Lipinski definition) is 1. The van der Waals surface area contributed by atoms with E-state index in [-0.39, 0.29) is 11.5 Å². The fourth-order valence-corrected chi connectivity index (χ4v) is 2.09. The molecule has 0 bridgehead atoms. The van der Waals surface area contributed by atoms with Crippen molar-refractivity contribution in [3.63, 3.8) is 0 Å². The fraction of sp³-hybridized carbons (Fsp3) is 0.600. The Morgan fingerprint density at radius 1 is 1.39 bits per heavy atom. The van der Waals surface area contributed by atoms with Crippen LogP contribution in [0.25, 0.3) is 0 Å². The molecule has 0 saturated heterocycles. The molecule has 1 aliphatic rings. The molecular weight excluding hydrogens is 222 g/mol. The maximum Gasteiger partial charge on any atom is 0.144 e. The summed E-state index contributed by atoms with van der Waals surface area (Å²) in [6.07, 6.45) is 3.26. The summed E-state index contributed by atoms with van der Waals surface area (Å²) in [6.45, 7) is 8.69. The second-order valence-corrected chi connectivity index (χ2v) is 6.19. The second kappa shape index (κ2) is 4.61. The van der Waals surface area contributed by atoms with Crippen LogP contribution in [0.4, 0.5) is 5.82 Å². The first-order valence-electron chi connectivity index (χ1n) is 6.61. The predicted octanol–water partition coefficient (Wildman–Crippen LogP) is 3.29. The lowest BCUT2D eigenvalue weighted by molar-refractivity contribution is 0.358. The van der Waals surface area contributed by atoms with Gasteiger partial charge in [0.15, 0.2) is 0 Å². The minimum atomic E-state index is 0.146. The number of aromatic nitrogens is 1. The molecule has 3 nitrogen and oxygen atoms in total. The molecule has 0 spiro atoms. The van der Waals surface area contributed by atoms with Crippen LogP contribution in [0.3, 0.4) is 0 Å². The van der Waals surface area contributed by atoms with Crippen LogP contribution in [0.1, 0.15) is 50.9 Å². The monoisotopic (exact) mass is 243 g/mol. The molecule has 96 valence electrons. The molecule has 1 aromatic heterocycles. The summed E-state index contributed by atoms with van der Waals surface area (Å²) >= 11 is 0. The first-order valence-corrected chi connectivity index (χ1v) is 6.61. The van der Waals surface area contributed by atoms with Crippen LogP contribution in [0.2, 0.25) is 0 Å². The Balaban J connectivity index is 2.31. The summed E-state index contributed by atoms with van der Waals surface area (Å²) in [4.78, 5) is 4.64. The van der Waals surface area contributed by atoms with Gasteiger partial charge >= 0.3 is 0 Å². The van der Waals surface area contributed by atoms with Crippen molar-refractivity contribution >= 4 is 5.82 Å². The van der Waals surface area contributed by atoms with E-state index in [0.29, 0.717) is 5.56 Å². The maximum absolute atomic E-state index is 9.24. The van der Waals surface area contributed by atoms with E-state index < -0.39 is 0 Å². The number of fused-ring (bicyclic) bond motifs is 1. The van der Waals surface area contributed by atoms with Crippen LogP contribution in [0, 0.1) is 16.7 Å². The lowest BCUT2D eigenvalue weighted by Crippen LogP contribution is -2.31. The van der Waals surface area contributed by atoms with Crippen molar-refractivity contribution in [3.05, 3.63) is 22.9 Å². The van der Waals surface area contributed by atoms with Gasteiger partial charge < -0.3 is 5.32 Å². The van der Waals surface area contributed by atoms with Crippen LogP contribution in [-0.2, 0) is 12.8 Å². The highest BCUT2D eigenvalue weighted by Gasteiger charge is 2.23. The zero-order valence-electron chi connectivity index (χ0n) is 11.7. The molecule has 0 fully saturated rings. The van der Waals surface area contributed by atoms with Crippen molar-refractivity contribution in [2.24, 2.45) is 5.41 Å². The molecule has 0 aliphatic heterocycles. The Kier molecular flexibility index (Phi) is 3.30. The number of nitriles is 1. The highest BCUT2D eigenvalue weighted by atomic mass is 15.0. The summed E-state index contributed by atoms with van der Waals surface area (Å²) < 4.78 is 0. The van der Waals surface area contributed by atoms with Gasteiger partial charge in [0, 0.05) is 11.7 Å². The Labute approximate surface area is 109 Å². The van der Waals surface area contributed by atoms with Crippen LogP contribution >= 0.6 is 0 Å². The van der Waals surface area contributed by atoms with Gasteiger partial charge in [0.1, 0.15) is 11.9 Å². The van der Waals surface area contributed by atoms with Gasteiger partial charge in [-0.15, -0.1) is 0 Å². The van der Waals surface area contributed by atoms with Crippen LogP contribution in [-0.4, -0.2) is 11.0 Å². The molecule has 2 rings (SSSR count). The van der Waals surface area contributed by atoms with Crippen molar-refractivity contribution in [1.82, 2.24) is 4.98 Å². The Bertz CT molecular complexity index is 492. The molecule has 18 heavy (non-hydrogen) atoms. The standard InChI is InChI=1S/C15H21N3/c1-10(15(2,3)4)17-14-12(9-16)8-11-6-5-7-13(11)18-14/h8,10H,5-7H2,1-4H3,(H,17,18). The third-order valence-electron chi connectivity index (χ3n) is 3.82. The number of hydrogen-bond acceptors (Lipinski definition) is 3. The van der Waals surface area contributed by atoms with Gasteiger partial charge in [0.2, 0.25) is 0 Å². The number of nitrogens with zero attached hydrogens (tertiary/aromatic N) is 2. The fourth-order valence-electron chi connectivity index (χ4n) is 2.09. The van der Waals surface area contributed by atoms with Gasteiger partial charge in [-0.3, -0.25) is 0 Å². The van der Waals surface area contributed by atoms with Crippen molar-refractivity contribution in [2.45, 2.75) is 53.0 Å². The Hall–Kier alpha value is -1.56. The van der Waals surface area contributed by atoms with Crippen molar-refractivity contribution in [1.29, 1.82) is 5.26 Å². The first kappa shape index (κ1) is 12.9. The third kappa shape index (κ3) is 2.48. The average molecular weight is 243 g/mol. The molecular formula is C15H21N3. The molecule has 1 N–H and O–H groups in total. The molecule has 0 amide bonds. The molecule has 0 radical (unpaired) electrons. The lowest BCUT2D eigenvalue weighted by atomic mass is 9.88. The molecule has 0 saturated carbocycles. The largest absolute Gasteiger partial charge is 0.366 e. The smallest absolute Gasteiger partial charge is 0.144 e. The number of pyridine rings is 1. The van der Waals surface area contributed by atoms with E-state index >= 15 is 0 Å². The van der Waals surface area contributed by atoms with Gasteiger partial charge in [-0.1, -0.05) is 20.8 Å². The normalized spacial score (nSPS) is 15.9. The number of aryl methyl sites for hydroxylation is 2. The van der Waals surface area contributed by atoms with E-state index in [9.17, 15) is 5.26 Å². The van der Waals surface area contributed by atoms with E-state index in [1.807, 2.05) is 6.07 Å². The topological polar surface area (TPSA) is 48.7 Å². The van der Waals surface area contributed by atoms with Crippen LogP contribution < -0.4 is 5.32 Å². The van der Waals surface area contributed by atoms with Gasteiger partial charge in [0.25, 0.3) is 0 Å². The molecule has 1 atom stereocenters. The lowest BCUT2D eigenvalue weighted by Gasteiger charge is -2.29. The molecule has 1 unspecified atom stereocenters. The third-order valence-corrected chi connectivity index (χ3v) is 3.82. The minimum absolute atomic E-state index is 0.146. The summed E-state index contributed by atoms with van der Waals surface area (Å²) in [7, 11) is 0. The minimum Gasteiger partial charge on any atom is -0.366 e. The number of rotatable bonds is 2. The van der Waals surface area contributed by atoms with Crippen molar-refractivity contribution < 1.29 is 0 Å². The quantitative estimate of drug-likeness (QED) is 0.867. The average Bonchev–Trinajstić information content (AvgIpc) is 2.73. The SMILES string of the molecule is CC(Nc1nc2c(cc1C#N)CCC2)C(C)(C)C. The molecule has 1 aliphatic carbocycles. The van der Waals surface area contributed by atoms with Gasteiger partial charge in [-0.25, -0.2) is 4.98 Å². The summed E-state index contributed by atoms with van der Waals surface area (Å²) in [5, 5.41) is 12.6. The number of anilines is 1. The molecule has 1 aromatic rings. The van der Waals surface area contributed by atoms with Crippen LogP contribution in [0.15, 0.2) is 6.07 Å². The number of nitrogens with one attached hydrogen (secondary N) is 1. The zero-order valence-corrected chi connectivity index (χ0v) is 11.7. The molecule has 0 aromatic carbocycles. The summed E-state index contributed by atoms with van der Waals surface area (Å²) in [6, 6.07) is 4.54. The summed E-state index contributed by atoms with van der Waals surface area (Å²) in [5.41, 5.74) is 3.23. The van der Waals surface area contributed by atoms with E-state index in [1.54, 1.807) is 0 Å². The molecule has 3 heteroatoms. The van der Waals surface area contributed by atoms with Gasteiger partial charge in [-0.2, -0.15) is 5.26 Å². The van der Waals surface area contributed by atoms with Gasteiger partial charge in [-0.05, 0) is 43.2 Å². The highest BCUT2D eigenvalue weighted by Crippen LogP contribution is 2.28. The van der Waals surface area contributed by atoms with Crippen molar-refractivity contribution in [3.8, 4) is 6.07 Å². The Morgan fingerprint density at radius 2 is 2.11 bits per heavy atom. The first-order chi connectivity index (χ1) is 8.41. The van der Waals surface area contributed by atoms with E-state index in [4.69, 9.17) is 0 Å². The Morgan fingerprint density at radius 3 is 2.72 bits per heavy atom. The van der Waals surface area contributed by atoms with E-state index in [2.05, 4.69) is 44.1 Å². The van der Waals surface area contributed by atoms with Crippen LogP contribution in [0.5, 0.6) is 0 Å². The second-order valence-electron chi connectivity index (χ2n) is 6.19. The van der Waals surface area contributed by atoms with E-state index in [0.717, 1.165) is 30.8 Å². The maximum atomic E-state index is 9.24. The van der Waals surface area contributed by atoms with Gasteiger partial charge in [0.05, 0.1) is 5.56 Å². The highest BCUT2D eigenvalue weighted by molar-refractivity contribution is 5.55. The van der Waals surface area contributed by atoms with E-state index in [1.165, 1.54) is 5.56 Å². The zero-order chi connectivity index (χ0) is 13.3. The molecule has 1 heterocycles. The van der Waals surface area contributed by atoms with Crippen molar-refractivity contribution in [2.75, 3.05) is 5.32 Å².